The zero-order valence-electron chi connectivity index (χ0n) is 12.0. The van der Waals surface area contributed by atoms with Crippen LogP contribution in [0.5, 0.6) is 0 Å². The van der Waals surface area contributed by atoms with Crippen molar-refractivity contribution < 1.29 is 18.1 Å². The summed E-state index contributed by atoms with van der Waals surface area (Å²) in [5, 5.41) is 15.2. The van der Waals surface area contributed by atoms with Crippen LogP contribution in [0.25, 0.3) is 0 Å². The molecule has 0 unspecified atom stereocenters. The first-order valence-electron chi connectivity index (χ1n) is 6.59. The molecule has 2 N–H and O–H groups in total. The van der Waals surface area contributed by atoms with E-state index in [4.69, 9.17) is 5.73 Å². The van der Waals surface area contributed by atoms with Crippen molar-refractivity contribution in [3.8, 4) is 0 Å². The Kier molecular flexibility index (Phi) is 3.20. The van der Waals surface area contributed by atoms with Crippen LogP contribution in [0.15, 0.2) is 18.2 Å². The molecular formula is C13H12F3N5O2. The predicted octanol–water partition coefficient (Wildman–Crippen LogP) is 2.45. The SMILES string of the molecule is Cn1nc(N)c2c1CN(c1ccc(C(F)(F)F)cc1[N+](=O)[O-])C2. The third kappa shape index (κ3) is 2.45. The number of halogens is 3. The van der Waals surface area contributed by atoms with Gasteiger partial charge in [-0.15, -0.1) is 0 Å². The minimum atomic E-state index is -4.63. The molecule has 0 aliphatic carbocycles. The summed E-state index contributed by atoms with van der Waals surface area (Å²) in [5.74, 6) is 0.319. The van der Waals surface area contributed by atoms with E-state index in [0.717, 1.165) is 23.4 Å². The van der Waals surface area contributed by atoms with Crippen molar-refractivity contribution in [2.45, 2.75) is 19.3 Å². The predicted molar refractivity (Wildman–Crippen MR) is 75.6 cm³/mol. The summed E-state index contributed by atoms with van der Waals surface area (Å²) in [6.07, 6.45) is -4.63. The molecule has 122 valence electrons. The number of hydrogen-bond donors (Lipinski definition) is 1. The highest BCUT2D eigenvalue weighted by atomic mass is 19.4. The number of aryl methyl sites for hydroxylation is 1. The third-order valence-electron chi connectivity index (χ3n) is 3.84. The van der Waals surface area contributed by atoms with Gasteiger partial charge in [-0.1, -0.05) is 0 Å². The van der Waals surface area contributed by atoms with E-state index >= 15 is 0 Å². The van der Waals surface area contributed by atoms with Crippen LogP contribution in [0, 0.1) is 10.1 Å². The first kappa shape index (κ1) is 15.1. The fourth-order valence-corrected chi connectivity index (χ4v) is 2.71. The van der Waals surface area contributed by atoms with E-state index in [1.807, 2.05) is 0 Å². The minimum absolute atomic E-state index is 0.124. The molecule has 1 aliphatic heterocycles. The lowest BCUT2D eigenvalue weighted by atomic mass is 10.1. The van der Waals surface area contributed by atoms with Crippen LogP contribution in [0.4, 0.5) is 30.4 Å². The lowest BCUT2D eigenvalue weighted by Crippen LogP contribution is -2.19. The van der Waals surface area contributed by atoms with Gasteiger partial charge >= 0.3 is 6.18 Å². The molecule has 0 amide bonds. The van der Waals surface area contributed by atoms with E-state index in [1.54, 1.807) is 16.6 Å². The number of anilines is 2. The van der Waals surface area contributed by atoms with E-state index < -0.39 is 22.4 Å². The molecule has 0 atom stereocenters. The number of nitrogens with two attached hydrogens (primary N) is 1. The Morgan fingerprint density at radius 3 is 2.61 bits per heavy atom. The highest BCUT2D eigenvalue weighted by Crippen LogP contribution is 2.39. The Bertz CT molecular complexity index is 773. The van der Waals surface area contributed by atoms with Crippen molar-refractivity contribution in [3.05, 3.63) is 45.1 Å². The van der Waals surface area contributed by atoms with E-state index in [-0.39, 0.29) is 12.2 Å². The summed E-state index contributed by atoms with van der Waals surface area (Å²) in [5.41, 5.74) is 5.79. The van der Waals surface area contributed by atoms with Crippen molar-refractivity contribution in [3.63, 3.8) is 0 Å². The van der Waals surface area contributed by atoms with Gasteiger partial charge in [-0.05, 0) is 12.1 Å². The number of fused-ring (bicyclic) bond motifs is 1. The van der Waals surface area contributed by atoms with Gasteiger partial charge in [-0.25, -0.2) is 0 Å². The fraction of sp³-hybridized carbons (Fsp3) is 0.308. The number of nitro groups is 1. The number of alkyl halides is 3. The van der Waals surface area contributed by atoms with Crippen molar-refractivity contribution in [2.75, 3.05) is 10.6 Å². The number of nitrogens with zero attached hydrogens (tertiary/aromatic N) is 4. The summed E-state index contributed by atoms with van der Waals surface area (Å²) >= 11 is 0. The smallest absolute Gasteiger partial charge is 0.382 e. The number of hydrogen-bond acceptors (Lipinski definition) is 5. The highest BCUT2D eigenvalue weighted by Gasteiger charge is 2.35. The zero-order chi connectivity index (χ0) is 16.9. The summed E-state index contributed by atoms with van der Waals surface area (Å²) in [7, 11) is 1.69. The van der Waals surface area contributed by atoms with E-state index in [1.165, 1.54) is 0 Å². The second-order valence-electron chi connectivity index (χ2n) is 5.25. The van der Waals surface area contributed by atoms with Gasteiger partial charge in [0.2, 0.25) is 0 Å². The van der Waals surface area contributed by atoms with Crippen LogP contribution in [-0.2, 0) is 26.3 Å². The molecule has 0 radical (unpaired) electrons. The lowest BCUT2D eigenvalue weighted by molar-refractivity contribution is -0.384. The molecule has 0 saturated heterocycles. The normalized spacial score (nSPS) is 14.2. The Morgan fingerprint density at radius 1 is 1.35 bits per heavy atom. The molecule has 2 aromatic rings. The molecule has 2 heterocycles. The Hall–Kier alpha value is -2.78. The molecule has 3 rings (SSSR count). The largest absolute Gasteiger partial charge is 0.416 e. The lowest BCUT2D eigenvalue weighted by Gasteiger charge is -2.19. The van der Waals surface area contributed by atoms with Crippen LogP contribution in [0.3, 0.4) is 0 Å². The molecule has 0 spiro atoms. The number of benzene rings is 1. The van der Waals surface area contributed by atoms with Crippen LogP contribution in [0.2, 0.25) is 0 Å². The second kappa shape index (κ2) is 4.86. The van der Waals surface area contributed by atoms with Crippen LogP contribution in [-0.4, -0.2) is 14.7 Å². The first-order valence-corrected chi connectivity index (χ1v) is 6.59. The van der Waals surface area contributed by atoms with Crippen molar-refractivity contribution in [1.29, 1.82) is 0 Å². The highest BCUT2D eigenvalue weighted by molar-refractivity contribution is 5.67. The maximum absolute atomic E-state index is 12.7. The average molecular weight is 327 g/mol. The van der Waals surface area contributed by atoms with Gasteiger partial charge in [0, 0.05) is 25.2 Å². The molecular weight excluding hydrogens is 315 g/mol. The molecule has 0 bridgehead atoms. The number of aromatic nitrogens is 2. The van der Waals surface area contributed by atoms with Crippen molar-refractivity contribution in [2.24, 2.45) is 7.05 Å². The summed E-state index contributed by atoms with van der Waals surface area (Å²) in [4.78, 5) is 12.0. The Labute approximate surface area is 128 Å². The third-order valence-corrected chi connectivity index (χ3v) is 3.84. The van der Waals surface area contributed by atoms with Gasteiger partial charge in [0.05, 0.1) is 22.7 Å². The number of nitro benzene ring substituents is 1. The first-order chi connectivity index (χ1) is 10.7. The van der Waals surface area contributed by atoms with Gasteiger partial charge in [0.25, 0.3) is 5.69 Å². The van der Waals surface area contributed by atoms with Gasteiger partial charge in [-0.3, -0.25) is 14.8 Å². The maximum atomic E-state index is 12.7. The minimum Gasteiger partial charge on any atom is -0.382 e. The molecule has 10 heteroatoms. The Balaban J connectivity index is 2.01. The van der Waals surface area contributed by atoms with E-state index in [2.05, 4.69) is 5.10 Å². The van der Waals surface area contributed by atoms with Crippen LogP contribution in [0.1, 0.15) is 16.8 Å². The van der Waals surface area contributed by atoms with Gasteiger partial charge in [0.15, 0.2) is 5.82 Å². The topological polar surface area (TPSA) is 90.2 Å². The molecule has 0 saturated carbocycles. The molecule has 7 nitrogen and oxygen atoms in total. The van der Waals surface area contributed by atoms with Crippen molar-refractivity contribution in [1.82, 2.24) is 9.78 Å². The molecule has 0 fully saturated rings. The summed E-state index contributed by atoms with van der Waals surface area (Å²) in [6, 6.07) is 2.52. The Morgan fingerprint density at radius 2 is 2.04 bits per heavy atom. The van der Waals surface area contributed by atoms with Crippen LogP contribution >= 0.6 is 0 Å². The average Bonchev–Trinajstić information content (AvgIpc) is 2.99. The van der Waals surface area contributed by atoms with Crippen molar-refractivity contribution >= 4 is 17.2 Å². The number of nitrogen functional groups attached to an aromatic ring is 1. The molecule has 1 aromatic carbocycles. The summed E-state index contributed by atoms with van der Waals surface area (Å²) in [6.45, 7) is 0.559. The van der Waals surface area contributed by atoms with E-state index in [0.29, 0.717) is 18.4 Å². The van der Waals surface area contributed by atoms with Gasteiger partial charge in [0.1, 0.15) is 5.69 Å². The molecule has 1 aliphatic rings. The zero-order valence-corrected chi connectivity index (χ0v) is 12.0. The molecule has 23 heavy (non-hydrogen) atoms. The van der Waals surface area contributed by atoms with Gasteiger partial charge < -0.3 is 10.6 Å². The monoisotopic (exact) mass is 327 g/mol. The second-order valence-corrected chi connectivity index (χ2v) is 5.25. The van der Waals surface area contributed by atoms with E-state index in [9.17, 15) is 23.3 Å². The summed E-state index contributed by atoms with van der Waals surface area (Å²) < 4.78 is 39.8. The van der Waals surface area contributed by atoms with Gasteiger partial charge in [-0.2, -0.15) is 18.3 Å². The molecule has 1 aromatic heterocycles. The maximum Gasteiger partial charge on any atom is 0.416 e. The fourth-order valence-electron chi connectivity index (χ4n) is 2.71. The number of rotatable bonds is 2. The quantitative estimate of drug-likeness (QED) is 0.676. The standard InChI is InChI=1S/C13H12F3N5O2/c1-19-11-6-20(5-8(11)12(17)18-19)9-3-2-7(13(14,15)16)4-10(9)21(22)23/h2-4H,5-6H2,1H3,(H2,17,18). The van der Waals surface area contributed by atoms with Crippen LogP contribution < -0.4 is 10.6 Å².